The van der Waals surface area contributed by atoms with Crippen LogP contribution in [0.15, 0.2) is 315 Å². The summed E-state index contributed by atoms with van der Waals surface area (Å²) in [7, 11) is -0.683. The highest BCUT2D eigenvalue weighted by molar-refractivity contribution is 9.09. The summed E-state index contributed by atoms with van der Waals surface area (Å²) in [6.07, 6.45) is 2.56. The molecule has 0 atom stereocenters. The third-order valence-corrected chi connectivity index (χ3v) is 33.8. The van der Waals surface area contributed by atoms with Crippen LogP contribution in [0.4, 0.5) is 28.4 Å². The number of fused-ring (bicyclic) bond motifs is 10. The molecule has 1 fully saturated rings. The van der Waals surface area contributed by atoms with Gasteiger partial charge in [0, 0.05) is 43.8 Å². The van der Waals surface area contributed by atoms with E-state index in [0.717, 1.165) is 30.8 Å². The topological polar surface area (TPSA) is 345 Å². The van der Waals surface area contributed by atoms with Crippen molar-refractivity contribution in [3.8, 4) is 74.7 Å². The lowest BCUT2D eigenvalue weighted by atomic mass is 10.1. The summed E-state index contributed by atoms with van der Waals surface area (Å²) in [6, 6.07) is 92.3. The Morgan fingerprint density at radius 2 is 0.685 bits per heavy atom. The van der Waals surface area contributed by atoms with E-state index in [1.54, 1.807) is 140 Å². The van der Waals surface area contributed by atoms with Crippen LogP contribution in [-0.2, 0) is 23.1 Å². The Morgan fingerprint density at radius 1 is 0.377 bits per heavy atom. The van der Waals surface area contributed by atoms with Crippen molar-refractivity contribution in [2.75, 3.05) is 117 Å². The van der Waals surface area contributed by atoms with Gasteiger partial charge in [0.05, 0.1) is 108 Å². The van der Waals surface area contributed by atoms with Crippen LogP contribution in [-0.4, -0.2) is 171 Å². The van der Waals surface area contributed by atoms with Gasteiger partial charge in [0.15, 0.2) is 45.4 Å². The standard InChI is InChI=1S/C23H19NO5.C22H18N2O5.C21H27NO3Si.C15H13NO3.C13H9NO2.C8H19BrOSi.C8H8O3.C4H8O/c1-27-23(26)16-7-6-8-17(15-16)28-14-13-24-19-10-3-5-12-21(19)29-20-11-4-2-9-18(20)22(24)25;25-21(23-27)15-6-5-7-16(14-15)28-13-12-24-18-9-2-4-11-20(18)29-19-10-3-1-8-17(19)22(24)26;1-21(2,3)26(4,5)24-15-14-22-17-11-7-9-13-19(17)25-18-12-8-6-10-16(18)20(22)23;17-10-9-16-12-6-2-4-8-14(12)19-13-7-3-1-5-11(13)15(16)18;15-13-9-5-1-3-7-11(9)16-12-8-4-2-6-10(12)14-13;1-8(2,3)11(4,5)10-7-6-9;1-11-8(10)6-3-2-4-7(9)5-6;1-2-4-5-3-1/h2-12,15H,13-14H2,1H3;1-11,14,27H,12-13H2,(H,23,25);6-13H,14-15H2,1-5H3;1-8,17H,9-10H2;1-8H,(H,14,15);6-7H2,1-5H3;2-5,9H,1H3;1-4H2. The first-order valence-electron chi connectivity index (χ1n) is 47.5. The average molecular weight is 2080 g/mol. The first-order valence-corrected chi connectivity index (χ1v) is 54.5. The Kier molecular flexibility index (Phi) is 39.2. The van der Waals surface area contributed by atoms with Crippen LogP contribution in [0.25, 0.3) is 0 Å². The van der Waals surface area contributed by atoms with Crippen molar-refractivity contribution in [2.24, 2.45) is 0 Å². The number of hydrogen-bond acceptors (Lipinski definition) is 23. The van der Waals surface area contributed by atoms with Crippen molar-refractivity contribution < 1.29 is 110 Å². The molecule has 6 aliphatic heterocycles. The molecule has 32 heteroatoms. The zero-order chi connectivity index (χ0) is 105. The molecule has 5 N–H and O–H groups in total. The van der Waals surface area contributed by atoms with Gasteiger partial charge in [-0.3, -0.25) is 34.0 Å². The van der Waals surface area contributed by atoms with Gasteiger partial charge in [-0.15, -0.1) is 0 Å². The molecule has 0 bridgehead atoms. The summed E-state index contributed by atoms with van der Waals surface area (Å²) in [5.74, 6) is 4.81. The van der Waals surface area contributed by atoms with Crippen LogP contribution in [0.5, 0.6) is 74.7 Å². The third-order valence-electron chi connectivity index (χ3n) is 24.4. The number of alkyl halides is 1. The lowest BCUT2D eigenvalue weighted by Crippen LogP contribution is -2.43. The van der Waals surface area contributed by atoms with Gasteiger partial charge < -0.3 is 91.4 Å². The summed E-state index contributed by atoms with van der Waals surface area (Å²) >= 11 is 3.37. The smallest absolute Gasteiger partial charge is 0.337 e. The first-order chi connectivity index (χ1) is 70.2. The molecule has 760 valence electrons. The lowest BCUT2D eigenvalue weighted by molar-refractivity contribution is 0.0591. The SMILES string of the molecule is C1CCOC1.CC(C)(C)[Si](C)(C)OCCBr.CC(C)(C)[Si](C)(C)OCCN1C(=O)c2ccccc2Oc2ccccc21.COC(=O)c1cccc(O)c1.COC(=O)c1cccc(OCCN2C(=O)c3ccccc3Oc3ccccc32)c1.O=C(NO)c1cccc(OCCN2C(=O)c3ccccc3Oc3ccccc32)c1.O=C1Nc2ccccc2Oc2ccccc21.O=C1c2ccccc2Oc2ccccc2N1CCO. The fourth-order valence-electron chi connectivity index (χ4n) is 14.7. The van der Waals surface area contributed by atoms with Crippen LogP contribution in [0.2, 0.25) is 36.3 Å². The molecular formula is C114H121BrN6O23Si2. The Morgan fingerprint density at radius 3 is 1.04 bits per heavy atom. The molecule has 19 rings (SSSR count). The van der Waals surface area contributed by atoms with E-state index in [1.807, 2.05) is 182 Å². The second-order valence-electron chi connectivity index (χ2n) is 36.3. The largest absolute Gasteiger partial charge is 0.508 e. The Hall–Kier alpha value is -15.3. The number of aliphatic hydroxyl groups is 1. The normalized spacial score (nSPS) is 13.1. The number of carbonyl (C=O) groups is 8. The Balaban J connectivity index is 0.000000154. The van der Waals surface area contributed by atoms with E-state index in [0.29, 0.717) is 155 Å². The molecule has 29 nitrogen and oxygen atoms in total. The average Bonchev–Trinajstić information content (AvgIpc) is 1.61. The van der Waals surface area contributed by atoms with Gasteiger partial charge in [0.25, 0.3) is 35.4 Å². The molecule has 6 heterocycles. The fourth-order valence-corrected chi connectivity index (χ4v) is 17.2. The number of halogens is 1. The zero-order valence-electron chi connectivity index (χ0n) is 83.6. The van der Waals surface area contributed by atoms with Crippen molar-refractivity contribution in [1.82, 2.24) is 5.48 Å². The molecule has 0 spiro atoms. The minimum Gasteiger partial charge on any atom is -0.508 e. The van der Waals surface area contributed by atoms with E-state index in [1.165, 1.54) is 45.3 Å². The summed E-state index contributed by atoms with van der Waals surface area (Å²) in [5.41, 5.74) is 8.73. The molecule has 1 saturated heterocycles. The van der Waals surface area contributed by atoms with Gasteiger partial charge in [-0.05, 0) is 225 Å². The summed E-state index contributed by atoms with van der Waals surface area (Å²) in [5, 5.41) is 31.1. The van der Waals surface area contributed by atoms with Gasteiger partial charge >= 0.3 is 11.9 Å². The van der Waals surface area contributed by atoms with E-state index in [-0.39, 0.29) is 78.8 Å². The number of aliphatic hydroxyl groups excluding tert-OH is 1. The van der Waals surface area contributed by atoms with Crippen LogP contribution in [0, 0.1) is 0 Å². The van der Waals surface area contributed by atoms with Crippen molar-refractivity contribution in [3.05, 3.63) is 360 Å². The molecular weight excluding hydrogens is 1960 g/mol. The molecule has 146 heavy (non-hydrogen) atoms. The Bertz CT molecular complexity index is 6510. The molecule has 0 radical (unpaired) electrons. The van der Waals surface area contributed by atoms with Crippen molar-refractivity contribution in [1.29, 1.82) is 0 Å². The van der Waals surface area contributed by atoms with Crippen molar-refractivity contribution >= 4 is 108 Å². The van der Waals surface area contributed by atoms with Crippen molar-refractivity contribution in [2.45, 2.75) is 90.6 Å². The number of nitrogens with zero attached hydrogens (tertiary/aromatic N) is 4. The van der Waals surface area contributed by atoms with E-state index in [4.69, 9.17) is 66.9 Å². The lowest BCUT2D eigenvalue weighted by Gasteiger charge is -2.36. The number of phenols is 1. The number of esters is 2. The Labute approximate surface area is 860 Å². The van der Waals surface area contributed by atoms with E-state index < -0.39 is 34.5 Å². The summed E-state index contributed by atoms with van der Waals surface area (Å²) < 4.78 is 67.2. The maximum atomic E-state index is 13.2. The zero-order valence-corrected chi connectivity index (χ0v) is 87.2. The van der Waals surface area contributed by atoms with Crippen LogP contribution < -0.4 is 63.6 Å². The van der Waals surface area contributed by atoms with Crippen molar-refractivity contribution in [3.63, 3.8) is 0 Å². The number of β-amino-alcohol motifs (C(OH)–C–C–N with tert-alkyl or cyclic N) is 1. The number of nitrogens with one attached hydrogen (secondary N) is 2. The fraction of sp³-hybridized carbons (Fsp3) is 0.246. The second kappa shape index (κ2) is 52.3. The number of anilines is 5. The number of amides is 6. The maximum Gasteiger partial charge on any atom is 0.337 e. The summed E-state index contributed by atoms with van der Waals surface area (Å²) in [4.78, 5) is 104. The number of aromatic hydroxyl groups is 1. The maximum absolute atomic E-state index is 13.2. The van der Waals surface area contributed by atoms with E-state index >= 15 is 0 Å². The number of hydroxylamine groups is 1. The predicted octanol–water partition coefficient (Wildman–Crippen LogP) is 24.3. The number of hydrogen-bond donors (Lipinski definition) is 5. The highest BCUT2D eigenvalue weighted by Crippen LogP contribution is 2.46. The van der Waals surface area contributed by atoms with Gasteiger partial charge in [0.1, 0.15) is 59.2 Å². The highest BCUT2D eigenvalue weighted by Gasteiger charge is 2.40. The first kappa shape index (κ1) is 110. The summed E-state index contributed by atoms with van der Waals surface area (Å²) in [6.45, 7) is 27.5. The number of rotatable bonds is 20. The van der Waals surface area contributed by atoms with Crippen LogP contribution in [0.3, 0.4) is 0 Å². The molecule has 6 aliphatic rings. The number of para-hydroxylation sites is 15. The molecule has 6 amide bonds. The van der Waals surface area contributed by atoms with E-state index in [2.05, 4.69) is 93.7 Å². The molecule has 13 aromatic carbocycles. The second-order valence-corrected chi connectivity index (χ2v) is 46.7. The number of carbonyl (C=O) groups excluding carboxylic acids is 8. The van der Waals surface area contributed by atoms with Crippen LogP contribution in [0.1, 0.15) is 137 Å². The molecule has 0 aliphatic carbocycles. The number of ether oxygens (including phenoxy) is 10. The van der Waals surface area contributed by atoms with Gasteiger partial charge in [-0.25, -0.2) is 15.1 Å². The van der Waals surface area contributed by atoms with Gasteiger partial charge in [-0.2, -0.15) is 0 Å². The van der Waals surface area contributed by atoms with Gasteiger partial charge in [0.2, 0.25) is 0 Å². The third kappa shape index (κ3) is 29.1. The number of benzene rings is 13. The van der Waals surface area contributed by atoms with Crippen LogP contribution >= 0.6 is 15.9 Å². The van der Waals surface area contributed by atoms with Gasteiger partial charge in [-0.1, -0.05) is 197 Å². The monoisotopic (exact) mass is 2080 g/mol. The minimum absolute atomic E-state index is 0.0515. The number of phenolic OH excluding ortho intramolecular Hbond substituents is 1. The molecule has 13 aromatic rings. The highest BCUT2D eigenvalue weighted by atomic mass is 79.9. The van der Waals surface area contributed by atoms with E-state index in [9.17, 15) is 38.4 Å². The molecule has 0 aromatic heterocycles. The number of methoxy groups -OCH3 is 2. The molecule has 0 saturated carbocycles. The molecule has 0 unspecified atom stereocenters. The quantitative estimate of drug-likeness (QED) is 0.0156. The predicted molar refractivity (Wildman–Crippen MR) is 571 cm³/mol. The minimum atomic E-state index is -1.86.